The van der Waals surface area contributed by atoms with Gasteiger partial charge >= 0.3 is 6.18 Å². The van der Waals surface area contributed by atoms with Gasteiger partial charge in [-0.15, -0.1) is 0 Å². The smallest absolute Gasteiger partial charge is 0.416 e. The van der Waals surface area contributed by atoms with E-state index in [9.17, 15) is 18.3 Å². The third-order valence-corrected chi connectivity index (χ3v) is 4.98. The number of nitrogens with one attached hydrogen (secondary N) is 2. The highest BCUT2D eigenvalue weighted by molar-refractivity contribution is 5.59. The van der Waals surface area contributed by atoms with E-state index in [2.05, 4.69) is 10.6 Å². The van der Waals surface area contributed by atoms with E-state index in [4.69, 9.17) is 0 Å². The molecule has 0 radical (unpaired) electrons. The largest absolute Gasteiger partial charge is 0.508 e. The Morgan fingerprint density at radius 3 is 2.46 bits per heavy atom. The van der Waals surface area contributed by atoms with Gasteiger partial charge in [0.25, 0.3) is 0 Å². The second-order valence-corrected chi connectivity index (χ2v) is 6.40. The number of anilines is 1. The predicted molar refractivity (Wildman–Crippen MR) is 84.8 cm³/mol. The molecule has 2 aliphatic rings. The van der Waals surface area contributed by atoms with Gasteiger partial charge in [0.2, 0.25) is 0 Å². The molecular formula is C18H17F3N2O. The molecule has 0 saturated carbocycles. The van der Waals surface area contributed by atoms with E-state index >= 15 is 0 Å². The maximum absolute atomic E-state index is 13.0. The van der Waals surface area contributed by atoms with Gasteiger partial charge in [-0.3, -0.25) is 0 Å². The number of phenols is 1. The average molecular weight is 334 g/mol. The predicted octanol–water partition coefficient (Wildman–Crippen LogP) is 4.23. The molecule has 3 nitrogen and oxygen atoms in total. The first-order valence-electron chi connectivity index (χ1n) is 7.93. The Kier molecular flexibility index (Phi) is 3.46. The van der Waals surface area contributed by atoms with Crippen molar-refractivity contribution in [2.24, 2.45) is 5.92 Å². The minimum absolute atomic E-state index is 0.00911. The van der Waals surface area contributed by atoms with Crippen LogP contribution < -0.4 is 10.6 Å². The molecular weight excluding hydrogens is 317 g/mol. The summed E-state index contributed by atoms with van der Waals surface area (Å²) in [5.74, 6) is 0.372. The third-order valence-electron chi connectivity index (χ3n) is 4.98. The van der Waals surface area contributed by atoms with Crippen molar-refractivity contribution < 1.29 is 18.3 Å². The summed E-state index contributed by atoms with van der Waals surface area (Å²) in [4.78, 5) is 0. The molecule has 3 N–H and O–H groups in total. The summed E-state index contributed by atoms with van der Waals surface area (Å²) < 4.78 is 39.0. The molecule has 2 heterocycles. The van der Waals surface area contributed by atoms with Crippen LogP contribution in [0.3, 0.4) is 0 Å². The fourth-order valence-corrected chi connectivity index (χ4v) is 3.84. The van der Waals surface area contributed by atoms with E-state index in [1.807, 2.05) is 12.1 Å². The fourth-order valence-electron chi connectivity index (χ4n) is 3.84. The van der Waals surface area contributed by atoms with Crippen molar-refractivity contribution >= 4 is 5.69 Å². The van der Waals surface area contributed by atoms with Gasteiger partial charge < -0.3 is 15.7 Å². The Hall–Kier alpha value is -2.21. The molecule has 24 heavy (non-hydrogen) atoms. The van der Waals surface area contributed by atoms with Gasteiger partial charge in [0.05, 0.1) is 11.6 Å². The molecule has 2 aromatic carbocycles. The standard InChI is InChI=1S/C18H17F3N2O/c19-18(20,21)11-3-6-15-14(9-11)17-13(7-8-22-17)16(23-15)10-1-4-12(24)5-2-10/h1-6,9,13,16-17,22-24H,7-8H2. The van der Waals surface area contributed by atoms with Gasteiger partial charge in [0.15, 0.2) is 0 Å². The average Bonchev–Trinajstić information content (AvgIpc) is 3.03. The first kappa shape index (κ1) is 15.3. The monoisotopic (exact) mass is 334 g/mol. The quantitative estimate of drug-likeness (QED) is 0.731. The summed E-state index contributed by atoms with van der Waals surface area (Å²) in [6.45, 7) is 0.779. The Bertz CT molecular complexity index is 758. The minimum Gasteiger partial charge on any atom is -0.508 e. The molecule has 0 spiro atoms. The number of aromatic hydroxyl groups is 1. The number of hydrogen-bond acceptors (Lipinski definition) is 3. The highest BCUT2D eigenvalue weighted by atomic mass is 19.4. The summed E-state index contributed by atoms with van der Waals surface area (Å²) in [6, 6.07) is 10.8. The molecule has 2 aromatic rings. The van der Waals surface area contributed by atoms with Gasteiger partial charge in [-0.25, -0.2) is 0 Å². The first-order valence-corrected chi connectivity index (χ1v) is 7.93. The van der Waals surface area contributed by atoms with Crippen molar-refractivity contribution in [1.82, 2.24) is 5.32 Å². The lowest BCUT2D eigenvalue weighted by Crippen LogP contribution is -2.32. The van der Waals surface area contributed by atoms with E-state index < -0.39 is 11.7 Å². The zero-order chi connectivity index (χ0) is 16.9. The molecule has 0 amide bonds. The summed E-state index contributed by atoms with van der Waals surface area (Å²) in [5, 5.41) is 16.2. The normalized spacial score (nSPS) is 25.7. The van der Waals surface area contributed by atoms with Crippen LogP contribution in [0.4, 0.5) is 18.9 Å². The van der Waals surface area contributed by atoms with Crippen molar-refractivity contribution in [3.63, 3.8) is 0 Å². The van der Waals surface area contributed by atoms with Crippen LogP contribution in [0.15, 0.2) is 42.5 Å². The molecule has 3 atom stereocenters. The fraction of sp³-hybridized carbons (Fsp3) is 0.333. The first-order chi connectivity index (χ1) is 11.4. The highest BCUT2D eigenvalue weighted by Crippen LogP contribution is 2.48. The van der Waals surface area contributed by atoms with Gasteiger partial charge in [-0.05, 0) is 54.4 Å². The second-order valence-electron chi connectivity index (χ2n) is 6.40. The molecule has 0 aliphatic carbocycles. The topological polar surface area (TPSA) is 44.3 Å². The molecule has 1 fully saturated rings. The van der Waals surface area contributed by atoms with Crippen LogP contribution in [0.2, 0.25) is 0 Å². The van der Waals surface area contributed by atoms with Gasteiger partial charge in [0.1, 0.15) is 5.75 Å². The van der Waals surface area contributed by atoms with Crippen molar-refractivity contribution in [3.05, 3.63) is 59.2 Å². The molecule has 126 valence electrons. The number of phenolic OH excluding ortho intramolecular Hbond substituents is 1. The number of alkyl halides is 3. The van der Waals surface area contributed by atoms with Crippen LogP contribution in [0.25, 0.3) is 0 Å². The van der Waals surface area contributed by atoms with Crippen LogP contribution in [-0.4, -0.2) is 11.7 Å². The molecule has 3 unspecified atom stereocenters. The van der Waals surface area contributed by atoms with Crippen LogP contribution in [0, 0.1) is 5.92 Å². The van der Waals surface area contributed by atoms with Gasteiger partial charge in [0, 0.05) is 17.6 Å². The van der Waals surface area contributed by atoms with Crippen molar-refractivity contribution in [3.8, 4) is 5.75 Å². The lowest BCUT2D eigenvalue weighted by Gasteiger charge is -2.37. The van der Waals surface area contributed by atoms with Gasteiger partial charge in [-0.2, -0.15) is 13.2 Å². The van der Waals surface area contributed by atoms with Crippen molar-refractivity contribution in [1.29, 1.82) is 0 Å². The third kappa shape index (κ3) is 2.51. The maximum Gasteiger partial charge on any atom is 0.416 e. The Balaban J connectivity index is 1.75. The number of hydrogen-bond donors (Lipinski definition) is 3. The van der Waals surface area contributed by atoms with Crippen molar-refractivity contribution in [2.75, 3.05) is 11.9 Å². The molecule has 2 aliphatic heterocycles. The summed E-state index contributed by atoms with van der Waals surface area (Å²) in [6.07, 6.45) is -3.45. The summed E-state index contributed by atoms with van der Waals surface area (Å²) >= 11 is 0. The summed E-state index contributed by atoms with van der Waals surface area (Å²) in [5.41, 5.74) is 1.83. The second kappa shape index (κ2) is 5.41. The van der Waals surface area contributed by atoms with E-state index in [1.54, 1.807) is 12.1 Å². The molecule has 1 saturated heterocycles. The summed E-state index contributed by atoms with van der Waals surface area (Å²) in [7, 11) is 0. The SMILES string of the molecule is Oc1ccc(C2Nc3ccc(C(F)(F)F)cc3C3NCCC23)cc1. The number of benzene rings is 2. The molecule has 6 heteroatoms. The van der Waals surface area contributed by atoms with Gasteiger partial charge in [-0.1, -0.05) is 12.1 Å². The molecule has 0 bridgehead atoms. The molecule has 4 rings (SSSR count). The van der Waals surface area contributed by atoms with E-state index in [0.29, 0.717) is 5.56 Å². The van der Waals surface area contributed by atoms with Crippen molar-refractivity contribution in [2.45, 2.75) is 24.7 Å². The highest BCUT2D eigenvalue weighted by Gasteiger charge is 2.41. The molecule has 0 aromatic heterocycles. The number of halogens is 3. The lowest BCUT2D eigenvalue weighted by molar-refractivity contribution is -0.137. The number of fused-ring (bicyclic) bond motifs is 3. The van der Waals surface area contributed by atoms with Crippen LogP contribution >= 0.6 is 0 Å². The Morgan fingerprint density at radius 2 is 1.75 bits per heavy atom. The van der Waals surface area contributed by atoms with E-state index in [1.165, 1.54) is 12.1 Å². The maximum atomic E-state index is 13.0. The Labute approximate surface area is 137 Å². The number of rotatable bonds is 1. The van der Waals surface area contributed by atoms with E-state index in [0.717, 1.165) is 30.3 Å². The zero-order valence-electron chi connectivity index (χ0n) is 12.8. The minimum atomic E-state index is -4.34. The van der Waals surface area contributed by atoms with Crippen LogP contribution in [-0.2, 0) is 6.18 Å². The Morgan fingerprint density at radius 1 is 1.00 bits per heavy atom. The van der Waals surface area contributed by atoms with Crippen LogP contribution in [0.1, 0.15) is 35.2 Å². The van der Waals surface area contributed by atoms with Crippen LogP contribution in [0.5, 0.6) is 5.75 Å². The lowest BCUT2D eigenvalue weighted by atomic mass is 9.80. The zero-order valence-corrected chi connectivity index (χ0v) is 12.8. The van der Waals surface area contributed by atoms with E-state index in [-0.39, 0.29) is 23.8 Å².